The third-order valence-corrected chi connectivity index (χ3v) is 3.60. The Morgan fingerprint density at radius 2 is 2.05 bits per heavy atom. The molecular weight excluding hydrogens is 302 g/mol. The van der Waals surface area contributed by atoms with Crippen LogP contribution < -0.4 is 10.1 Å². The van der Waals surface area contributed by atoms with Crippen LogP contribution >= 0.6 is 11.3 Å². The number of benzene rings is 1. The van der Waals surface area contributed by atoms with Crippen molar-refractivity contribution in [1.29, 1.82) is 0 Å². The third kappa shape index (κ3) is 3.70. The molecule has 0 spiro atoms. The molecule has 1 amide bonds. The first-order valence-electron chi connectivity index (χ1n) is 6.66. The van der Waals surface area contributed by atoms with Crippen molar-refractivity contribution in [2.45, 2.75) is 6.42 Å². The number of rotatable bonds is 6. The van der Waals surface area contributed by atoms with Crippen molar-refractivity contribution >= 4 is 23.3 Å². The maximum atomic E-state index is 11.8. The second-order valence-electron chi connectivity index (χ2n) is 4.35. The van der Waals surface area contributed by atoms with Crippen molar-refractivity contribution in [2.24, 2.45) is 0 Å². The molecule has 7 heteroatoms. The fraction of sp³-hybridized carbons (Fsp3) is 0.133. The van der Waals surface area contributed by atoms with Gasteiger partial charge in [-0.05, 0) is 23.6 Å². The molecule has 2 aromatic heterocycles. The van der Waals surface area contributed by atoms with Crippen molar-refractivity contribution < 1.29 is 13.9 Å². The highest BCUT2D eigenvalue weighted by Crippen LogP contribution is 2.24. The van der Waals surface area contributed by atoms with Crippen molar-refractivity contribution in [2.75, 3.05) is 11.9 Å². The molecule has 0 fully saturated rings. The minimum absolute atomic E-state index is 0.0908. The summed E-state index contributed by atoms with van der Waals surface area (Å²) in [6.45, 7) is 0.280. The summed E-state index contributed by atoms with van der Waals surface area (Å²) in [4.78, 5) is 12.6. The van der Waals surface area contributed by atoms with Gasteiger partial charge in [-0.15, -0.1) is 16.4 Å². The average Bonchev–Trinajstić information content (AvgIpc) is 3.19. The zero-order chi connectivity index (χ0) is 15.2. The van der Waals surface area contributed by atoms with E-state index in [4.69, 9.17) is 9.15 Å². The van der Waals surface area contributed by atoms with Gasteiger partial charge in [0.15, 0.2) is 0 Å². The zero-order valence-corrected chi connectivity index (χ0v) is 12.4. The zero-order valence-electron chi connectivity index (χ0n) is 11.6. The fourth-order valence-electron chi connectivity index (χ4n) is 1.73. The number of anilines is 1. The smallest absolute Gasteiger partial charge is 0.322 e. The van der Waals surface area contributed by atoms with E-state index >= 15 is 0 Å². The first-order valence-corrected chi connectivity index (χ1v) is 7.54. The van der Waals surface area contributed by atoms with Crippen LogP contribution in [0.25, 0.3) is 10.8 Å². The number of thiophene rings is 1. The van der Waals surface area contributed by atoms with Crippen LogP contribution in [0.4, 0.5) is 6.01 Å². The number of para-hydroxylation sites is 1. The van der Waals surface area contributed by atoms with Gasteiger partial charge in [0, 0.05) is 0 Å². The van der Waals surface area contributed by atoms with E-state index in [9.17, 15) is 4.79 Å². The number of aromatic nitrogens is 2. The second kappa shape index (κ2) is 6.86. The molecule has 0 saturated carbocycles. The van der Waals surface area contributed by atoms with Gasteiger partial charge < -0.3 is 9.15 Å². The Labute approximate surface area is 130 Å². The molecular formula is C15H13N3O3S. The van der Waals surface area contributed by atoms with E-state index in [1.165, 1.54) is 11.3 Å². The summed E-state index contributed by atoms with van der Waals surface area (Å²) < 4.78 is 10.8. The van der Waals surface area contributed by atoms with Crippen LogP contribution in [0.3, 0.4) is 0 Å². The van der Waals surface area contributed by atoms with Gasteiger partial charge in [0.1, 0.15) is 5.75 Å². The number of hydrogen-bond donors (Lipinski definition) is 1. The molecule has 6 nitrogen and oxygen atoms in total. The molecule has 0 aliphatic rings. The number of ether oxygens (including phenoxy) is 1. The SMILES string of the molecule is O=C(CCOc1ccccc1)Nc1nnc(-c2cccs2)o1. The average molecular weight is 315 g/mol. The number of carbonyl (C=O) groups excluding carboxylic acids is 1. The standard InChI is InChI=1S/C15H13N3O3S/c19-13(8-9-20-11-5-2-1-3-6-11)16-15-18-17-14(21-15)12-7-4-10-22-12/h1-7,10H,8-9H2,(H,16,18,19). The van der Waals surface area contributed by atoms with Crippen LogP contribution in [-0.2, 0) is 4.79 Å². The van der Waals surface area contributed by atoms with Gasteiger partial charge in [-0.2, -0.15) is 0 Å². The summed E-state index contributed by atoms with van der Waals surface area (Å²) in [5.74, 6) is 0.885. The number of hydrogen-bond acceptors (Lipinski definition) is 6. The molecule has 112 valence electrons. The molecule has 0 bridgehead atoms. The van der Waals surface area contributed by atoms with Crippen molar-refractivity contribution in [1.82, 2.24) is 10.2 Å². The molecule has 0 atom stereocenters. The van der Waals surface area contributed by atoms with Gasteiger partial charge in [-0.1, -0.05) is 29.4 Å². The highest BCUT2D eigenvalue weighted by atomic mass is 32.1. The summed E-state index contributed by atoms with van der Waals surface area (Å²) in [7, 11) is 0. The quantitative estimate of drug-likeness (QED) is 0.756. The van der Waals surface area contributed by atoms with Gasteiger partial charge in [-0.3, -0.25) is 10.1 Å². The summed E-state index contributed by atoms with van der Waals surface area (Å²) in [6.07, 6.45) is 0.200. The molecule has 2 heterocycles. The van der Waals surface area contributed by atoms with Gasteiger partial charge in [0.2, 0.25) is 5.91 Å². The van der Waals surface area contributed by atoms with Crippen LogP contribution in [0.2, 0.25) is 0 Å². The topological polar surface area (TPSA) is 77.2 Å². The van der Waals surface area contributed by atoms with E-state index in [0.29, 0.717) is 5.89 Å². The predicted molar refractivity (Wildman–Crippen MR) is 82.8 cm³/mol. The molecule has 3 aromatic rings. The maximum Gasteiger partial charge on any atom is 0.322 e. The highest BCUT2D eigenvalue weighted by molar-refractivity contribution is 7.13. The normalized spacial score (nSPS) is 10.4. The van der Waals surface area contributed by atoms with E-state index in [1.54, 1.807) is 0 Å². The van der Waals surface area contributed by atoms with Gasteiger partial charge in [-0.25, -0.2) is 0 Å². The van der Waals surface area contributed by atoms with Crippen LogP contribution in [0, 0.1) is 0 Å². The number of carbonyl (C=O) groups is 1. The molecule has 1 N–H and O–H groups in total. The van der Waals surface area contributed by atoms with Crippen molar-refractivity contribution in [3.8, 4) is 16.5 Å². The van der Waals surface area contributed by atoms with E-state index in [1.807, 2.05) is 47.8 Å². The monoisotopic (exact) mass is 315 g/mol. The second-order valence-corrected chi connectivity index (χ2v) is 5.30. The van der Waals surface area contributed by atoms with E-state index in [-0.39, 0.29) is 24.9 Å². The number of amides is 1. The number of nitrogens with one attached hydrogen (secondary N) is 1. The molecule has 3 rings (SSSR count). The Morgan fingerprint density at radius 3 is 2.82 bits per heavy atom. The highest BCUT2D eigenvalue weighted by Gasteiger charge is 2.11. The van der Waals surface area contributed by atoms with Crippen molar-refractivity contribution in [3.63, 3.8) is 0 Å². The summed E-state index contributed by atoms with van der Waals surface area (Å²) in [6, 6.07) is 13.2. The van der Waals surface area contributed by atoms with E-state index in [0.717, 1.165) is 10.6 Å². The Balaban J connectivity index is 1.48. The minimum atomic E-state index is -0.239. The summed E-state index contributed by atoms with van der Waals surface area (Å²) >= 11 is 1.49. The van der Waals surface area contributed by atoms with Crippen molar-refractivity contribution in [3.05, 3.63) is 47.8 Å². The Hall–Kier alpha value is -2.67. The lowest BCUT2D eigenvalue weighted by Crippen LogP contribution is -2.15. The minimum Gasteiger partial charge on any atom is -0.493 e. The molecule has 0 aliphatic carbocycles. The van der Waals surface area contributed by atoms with Crippen LogP contribution in [-0.4, -0.2) is 22.7 Å². The molecule has 0 aliphatic heterocycles. The first-order chi connectivity index (χ1) is 10.8. The predicted octanol–water partition coefficient (Wildman–Crippen LogP) is 3.21. The lowest BCUT2D eigenvalue weighted by atomic mass is 10.3. The third-order valence-electron chi connectivity index (χ3n) is 2.74. The molecule has 1 aromatic carbocycles. The van der Waals surface area contributed by atoms with Gasteiger partial charge in [0.25, 0.3) is 5.89 Å². The lowest BCUT2D eigenvalue weighted by molar-refractivity contribution is -0.116. The van der Waals surface area contributed by atoms with Crippen LogP contribution in [0.1, 0.15) is 6.42 Å². The van der Waals surface area contributed by atoms with Gasteiger partial charge >= 0.3 is 6.01 Å². The molecule has 0 unspecified atom stereocenters. The summed E-state index contributed by atoms with van der Waals surface area (Å²) in [5.41, 5.74) is 0. The van der Waals surface area contributed by atoms with Crippen LogP contribution in [0.5, 0.6) is 5.75 Å². The maximum absolute atomic E-state index is 11.8. The number of nitrogens with zero attached hydrogens (tertiary/aromatic N) is 2. The van der Waals surface area contributed by atoms with E-state index in [2.05, 4.69) is 15.5 Å². The Bertz CT molecular complexity index is 726. The van der Waals surface area contributed by atoms with E-state index < -0.39 is 0 Å². The first kappa shape index (κ1) is 14.3. The van der Waals surface area contributed by atoms with Gasteiger partial charge in [0.05, 0.1) is 17.9 Å². The molecule has 0 saturated heterocycles. The molecule has 22 heavy (non-hydrogen) atoms. The Morgan fingerprint density at radius 1 is 1.18 bits per heavy atom. The Kier molecular flexibility index (Phi) is 4.45. The summed E-state index contributed by atoms with van der Waals surface area (Å²) in [5, 5.41) is 12.2. The fourth-order valence-corrected chi connectivity index (χ4v) is 2.38. The lowest BCUT2D eigenvalue weighted by Gasteiger charge is -2.04. The molecule has 0 radical (unpaired) electrons. The largest absolute Gasteiger partial charge is 0.493 e. The van der Waals surface area contributed by atoms with Crippen LogP contribution in [0.15, 0.2) is 52.3 Å².